The van der Waals surface area contributed by atoms with Crippen molar-refractivity contribution in [3.05, 3.63) is 112 Å². The molecule has 211 valence electrons. The third-order valence-corrected chi connectivity index (χ3v) is 6.96. The fourth-order valence-corrected chi connectivity index (χ4v) is 4.50. The van der Waals surface area contributed by atoms with E-state index in [1.165, 1.54) is 12.3 Å². The van der Waals surface area contributed by atoms with E-state index in [2.05, 4.69) is 43.0 Å². The minimum Gasteiger partial charge on any atom is -0.486 e. The Kier molecular flexibility index (Phi) is 7.61. The number of fused-ring (bicyclic) bond motifs is 3. The Bertz CT molecular complexity index is 1980. The Balaban J connectivity index is 0.000000204. The van der Waals surface area contributed by atoms with Crippen LogP contribution in [0.3, 0.4) is 0 Å². The first-order valence-electron chi connectivity index (χ1n) is 15.4. The first-order valence-corrected chi connectivity index (χ1v) is 13.7. The number of hydrogen-bond acceptors (Lipinski definition) is 4. The van der Waals surface area contributed by atoms with Gasteiger partial charge in [0.2, 0.25) is 5.71 Å². The minimum atomic E-state index is -2.14. The van der Waals surface area contributed by atoms with Crippen molar-refractivity contribution in [2.24, 2.45) is 5.41 Å². The Morgan fingerprint density at radius 3 is 2.41 bits per heavy atom. The molecule has 0 atom stereocenters. The zero-order valence-corrected chi connectivity index (χ0v) is 27.4. The summed E-state index contributed by atoms with van der Waals surface area (Å²) in [6.45, 7) is 7.37. The smallest absolute Gasteiger partial charge is 0.216 e. The van der Waals surface area contributed by atoms with Gasteiger partial charge in [-0.2, -0.15) is 0 Å². The molecule has 41 heavy (non-hydrogen) atoms. The predicted octanol–water partition coefficient (Wildman–Crippen LogP) is 9.67. The summed E-state index contributed by atoms with van der Waals surface area (Å²) >= 11 is 3.55. The van der Waals surface area contributed by atoms with Crippen LogP contribution in [0.2, 0.25) is 0 Å². The maximum absolute atomic E-state index is 8.25. The first-order chi connectivity index (χ1) is 21.1. The molecule has 0 saturated carbocycles. The summed E-state index contributed by atoms with van der Waals surface area (Å²) in [5.41, 5.74) is 6.69. The van der Waals surface area contributed by atoms with Gasteiger partial charge in [0.15, 0.2) is 0 Å². The molecule has 0 bridgehead atoms. The molecule has 0 unspecified atom stereocenters. The number of nitrogens with zero attached hydrogens (tertiary/aromatic N) is 3. The Hall–Kier alpha value is -3.18. The third kappa shape index (κ3) is 7.37. The molecular weight excluding hydrogens is 751 g/mol. The molecule has 4 aromatic heterocycles. The van der Waals surface area contributed by atoms with Gasteiger partial charge in [-0.15, -0.1) is 53.6 Å². The summed E-state index contributed by atoms with van der Waals surface area (Å²) in [5.74, 6) is 0. The van der Waals surface area contributed by atoms with Gasteiger partial charge in [0.25, 0.3) is 0 Å². The summed E-state index contributed by atoms with van der Waals surface area (Å²) < 4.78 is 45.6. The second-order valence-corrected chi connectivity index (χ2v) is 11.5. The monoisotopic (exact) mass is 787 g/mol. The van der Waals surface area contributed by atoms with Gasteiger partial charge < -0.3 is 14.4 Å². The second kappa shape index (κ2) is 12.8. The van der Waals surface area contributed by atoms with Gasteiger partial charge >= 0.3 is 0 Å². The molecule has 4 heterocycles. The van der Waals surface area contributed by atoms with Gasteiger partial charge in [-0.1, -0.05) is 72.7 Å². The third-order valence-electron chi connectivity index (χ3n) is 6.10. The topological polar surface area (TPSA) is 51.8 Å². The van der Waals surface area contributed by atoms with Gasteiger partial charge in [0.05, 0.1) is 5.58 Å². The number of pyridine rings is 3. The molecule has 6 rings (SSSR count). The van der Waals surface area contributed by atoms with Gasteiger partial charge in [0, 0.05) is 54.9 Å². The van der Waals surface area contributed by atoms with E-state index in [9.17, 15) is 0 Å². The number of benzene rings is 2. The van der Waals surface area contributed by atoms with Crippen LogP contribution < -0.4 is 0 Å². The van der Waals surface area contributed by atoms with E-state index in [-0.39, 0.29) is 25.7 Å². The number of halogens is 1. The predicted molar refractivity (Wildman–Crippen MR) is 167 cm³/mol. The van der Waals surface area contributed by atoms with E-state index in [1.54, 1.807) is 24.3 Å². The molecule has 0 aliphatic rings. The number of rotatable bonds is 3. The van der Waals surface area contributed by atoms with Gasteiger partial charge in [-0.3, -0.25) is 0 Å². The SMILES string of the molecule is Cc1ccc2c(n1)oc1c(-c3cc(Br)c(C)cn3)[c-]ccc12.[2H]C([2H])([2H])c1c[c-]c(-c2ccc(C([2H])([2H])C(C)(C)C)cn2)cc1.[Ir]. The van der Waals surface area contributed by atoms with E-state index in [0.29, 0.717) is 22.5 Å². The van der Waals surface area contributed by atoms with Crippen LogP contribution in [0.15, 0.2) is 81.9 Å². The van der Waals surface area contributed by atoms with Crippen molar-refractivity contribution in [1.82, 2.24) is 15.0 Å². The minimum absolute atomic E-state index is 0. The number of aromatic nitrogens is 3. The van der Waals surface area contributed by atoms with E-state index in [0.717, 1.165) is 43.3 Å². The van der Waals surface area contributed by atoms with Crippen LogP contribution in [-0.4, -0.2) is 15.0 Å². The van der Waals surface area contributed by atoms with Crippen molar-refractivity contribution >= 4 is 38.0 Å². The zero-order chi connectivity index (χ0) is 32.7. The maximum atomic E-state index is 8.25. The maximum Gasteiger partial charge on any atom is 0.216 e. The van der Waals surface area contributed by atoms with Crippen LogP contribution in [0.4, 0.5) is 0 Å². The zero-order valence-electron chi connectivity index (χ0n) is 28.4. The van der Waals surface area contributed by atoms with E-state index >= 15 is 0 Å². The largest absolute Gasteiger partial charge is 0.486 e. The summed E-state index contributed by atoms with van der Waals surface area (Å²) in [7, 11) is 0. The first kappa shape index (κ1) is 24.4. The molecule has 0 amide bonds. The Morgan fingerprint density at radius 2 is 1.76 bits per heavy atom. The molecule has 0 saturated heterocycles. The molecule has 0 aliphatic carbocycles. The average Bonchev–Trinajstić information content (AvgIpc) is 3.36. The van der Waals surface area contributed by atoms with Gasteiger partial charge in [0.1, 0.15) is 0 Å². The van der Waals surface area contributed by atoms with Crippen molar-refractivity contribution in [2.75, 3.05) is 0 Å². The fourth-order valence-electron chi connectivity index (χ4n) is 4.19. The summed E-state index contributed by atoms with van der Waals surface area (Å²) in [5, 5.41) is 2.05. The molecule has 0 fully saturated rings. The van der Waals surface area contributed by atoms with Gasteiger partial charge in [-0.05, 0) is 60.3 Å². The van der Waals surface area contributed by atoms with E-state index in [1.807, 2.05) is 71.1 Å². The van der Waals surface area contributed by atoms with Crippen molar-refractivity contribution in [1.29, 1.82) is 0 Å². The van der Waals surface area contributed by atoms with Crippen molar-refractivity contribution < 1.29 is 31.4 Å². The van der Waals surface area contributed by atoms with E-state index in [4.69, 9.17) is 11.3 Å². The average molecular weight is 788 g/mol. The molecule has 6 aromatic rings. The van der Waals surface area contributed by atoms with Crippen LogP contribution in [-0.2, 0) is 26.5 Å². The summed E-state index contributed by atoms with van der Waals surface area (Å²) in [6, 6.07) is 24.2. The molecule has 0 spiro atoms. The fraction of sp³-hybridized carbons (Fsp3) is 0.229. The Morgan fingerprint density at radius 1 is 0.951 bits per heavy atom. The van der Waals surface area contributed by atoms with Crippen molar-refractivity contribution in [2.45, 2.75) is 47.8 Å². The standard InChI is InChI=1S/C18H12BrN2O.C17H20N.Ir/c1-10-9-20-16(8-15(10)19)14-5-3-4-12-13-7-6-11(2)21-18(13)22-17(12)14;1-13-5-8-15(9-6-13)16-10-7-14(12-18-16)11-17(2,3)4;/h3-4,6-9H,1-2H3;5-8,10,12H,11H2,1-4H3;/q2*-1;/i;1D3,11D2;. The number of aryl methyl sites for hydroxylation is 3. The normalized spacial score (nSPS) is 13.7. The van der Waals surface area contributed by atoms with Crippen LogP contribution in [0, 0.1) is 38.2 Å². The van der Waals surface area contributed by atoms with Crippen molar-refractivity contribution in [3.8, 4) is 22.5 Å². The molecular formula is C35H32BrIrN3O-2. The number of furan rings is 1. The summed E-state index contributed by atoms with van der Waals surface area (Å²) in [6.07, 6.45) is 1.89. The van der Waals surface area contributed by atoms with Gasteiger partial charge in [-0.25, -0.2) is 4.98 Å². The second-order valence-electron chi connectivity index (χ2n) is 10.6. The molecule has 1 radical (unpaired) electrons. The molecule has 2 aromatic carbocycles. The molecule has 6 heteroatoms. The van der Waals surface area contributed by atoms with Crippen LogP contribution in [0.5, 0.6) is 0 Å². The van der Waals surface area contributed by atoms with Crippen LogP contribution >= 0.6 is 15.9 Å². The summed E-state index contributed by atoms with van der Waals surface area (Å²) in [4.78, 5) is 13.3. The van der Waals surface area contributed by atoms with Crippen molar-refractivity contribution in [3.63, 3.8) is 0 Å². The number of hydrogen-bond donors (Lipinski definition) is 0. The Labute approximate surface area is 271 Å². The van der Waals surface area contributed by atoms with Crippen LogP contribution in [0.25, 0.3) is 44.6 Å². The molecule has 0 aliphatic heterocycles. The van der Waals surface area contributed by atoms with E-state index < -0.39 is 18.6 Å². The van der Waals surface area contributed by atoms with Crippen LogP contribution in [0.1, 0.15) is 50.0 Å². The molecule has 4 nitrogen and oxygen atoms in total. The molecule has 0 N–H and O–H groups in total. The quantitative estimate of drug-likeness (QED) is 0.168.